The van der Waals surface area contributed by atoms with E-state index in [0.717, 1.165) is 0 Å². The van der Waals surface area contributed by atoms with Gasteiger partial charge in [0.15, 0.2) is 0 Å². The van der Waals surface area contributed by atoms with Crippen LogP contribution in [0.3, 0.4) is 0 Å². The molecule has 1 heterocycles. The summed E-state index contributed by atoms with van der Waals surface area (Å²) in [6.07, 6.45) is 0.424. The molecule has 1 atom stereocenters. The van der Waals surface area contributed by atoms with Gasteiger partial charge >= 0.3 is 5.97 Å². The molecule has 0 aromatic carbocycles. The lowest BCUT2D eigenvalue weighted by Gasteiger charge is -2.30. The van der Waals surface area contributed by atoms with Gasteiger partial charge in [-0.05, 0) is 32.3 Å². The second-order valence-corrected chi connectivity index (χ2v) is 5.02. The van der Waals surface area contributed by atoms with E-state index in [9.17, 15) is 14.7 Å². The molecule has 94 valence electrons. The Bertz CT molecular complexity index is 476. The lowest BCUT2D eigenvalue weighted by atomic mass is 9.90. The highest BCUT2D eigenvalue weighted by Gasteiger charge is 2.37. The van der Waals surface area contributed by atoms with E-state index in [1.165, 1.54) is 10.6 Å². The van der Waals surface area contributed by atoms with Gasteiger partial charge in [0, 0.05) is 11.8 Å². The van der Waals surface area contributed by atoms with E-state index in [0.29, 0.717) is 12.1 Å². The van der Waals surface area contributed by atoms with Gasteiger partial charge in [-0.1, -0.05) is 19.9 Å². The topological polar surface area (TPSA) is 59.3 Å². The zero-order chi connectivity index (χ0) is 13.2. The highest BCUT2D eigenvalue weighted by atomic mass is 16.4. The molecule has 0 saturated carbocycles. The number of aryl methyl sites for hydroxylation is 1. The number of hydrogen-bond donors (Lipinski definition) is 1. The minimum Gasteiger partial charge on any atom is -0.479 e. The molecule has 0 bridgehead atoms. The zero-order valence-corrected chi connectivity index (χ0v) is 10.7. The van der Waals surface area contributed by atoms with E-state index in [1.807, 2.05) is 13.8 Å². The van der Waals surface area contributed by atoms with Crippen LogP contribution in [0.5, 0.6) is 0 Å². The molecule has 0 spiro atoms. The number of carboxylic acid groups (broad SMARTS) is 1. The fourth-order valence-electron chi connectivity index (χ4n) is 2.29. The number of nitrogens with zero attached hydrogens (tertiary/aromatic N) is 1. The Morgan fingerprint density at radius 1 is 1.47 bits per heavy atom. The van der Waals surface area contributed by atoms with Crippen LogP contribution >= 0.6 is 0 Å². The first kappa shape index (κ1) is 13.5. The predicted molar refractivity (Wildman–Crippen MR) is 66.2 cm³/mol. The molecule has 1 N–H and O–H groups in total. The molecule has 4 heteroatoms. The molecule has 1 aromatic rings. The van der Waals surface area contributed by atoms with Crippen LogP contribution < -0.4 is 5.56 Å². The molecule has 1 unspecified atom stereocenters. The van der Waals surface area contributed by atoms with Crippen molar-refractivity contribution >= 4 is 5.97 Å². The number of carboxylic acids is 1. The number of hydrogen-bond acceptors (Lipinski definition) is 2. The normalized spacial score (nSPS) is 14.6. The molecule has 0 amide bonds. The van der Waals surface area contributed by atoms with E-state index in [2.05, 4.69) is 0 Å². The standard InChI is InChI=1S/C13H19NO3/c1-9(2)8-13(4,12(16)17)14-10(3)6-5-7-11(14)15/h5-7,9H,8H2,1-4H3,(H,16,17). The highest BCUT2D eigenvalue weighted by Crippen LogP contribution is 2.25. The Morgan fingerprint density at radius 2 is 2.06 bits per heavy atom. The molecule has 17 heavy (non-hydrogen) atoms. The second kappa shape index (κ2) is 4.73. The maximum absolute atomic E-state index is 11.9. The largest absolute Gasteiger partial charge is 0.479 e. The maximum Gasteiger partial charge on any atom is 0.329 e. The van der Waals surface area contributed by atoms with Crippen LogP contribution in [-0.2, 0) is 10.3 Å². The minimum atomic E-state index is -1.18. The van der Waals surface area contributed by atoms with Gasteiger partial charge in [0.1, 0.15) is 5.54 Å². The van der Waals surface area contributed by atoms with Crippen molar-refractivity contribution in [3.63, 3.8) is 0 Å². The third-order valence-corrected chi connectivity index (χ3v) is 2.91. The van der Waals surface area contributed by atoms with Crippen LogP contribution in [0.1, 0.15) is 32.9 Å². The van der Waals surface area contributed by atoms with Crippen molar-refractivity contribution in [2.75, 3.05) is 0 Å². The summed E-state index contributed by atoms with van der Waals surface area (Å²) in [6.45, 7) is 7.25. The summed E-state index contributed by atoms with van der Waals surface area (Å²) in [5.74, 6) is -0.773. The Hall–Kier alpha value is -1.58. The smallest absolute Gasteiger partial charge is 0.329 e. The molecular weight excluding hydrogens is 218 g/mol. The molecule has 1 rings (SSSR count). The number of rotatable bonds is 4. The van der Waals surface area contributed by atoms with Crippen LogP contribution in [-0.4, -0.2) is 15.6 Å². The quantitative estimate of drug-likeness (QED) is 0.871. The Kier molecular flexibility index (Phi) is 3.76. The van der Waals surface area contributed by atoms with Crippen molar-refractivity contribution in [2.45, 2.75) is 39.7 Å². The third kappa shape index (κ3) is 2.57. The van der Waals surface area contributed by atoms with E-state index in [-0.39, 0.29) is 11.5 Å². The average Bonchev–Trinajstić information content (AvgIpc) is 2.15. The summed E-state index contributed by atoms with van der Waals surface area (Å²) in [5.41, 5.74) is -0.782. The van der Waals surface area contributed by atoms with Gasteiger partial charge < -0.3 is 5.11 Å². The van der Waals surface area contributed by atoms with E-state index < -0.39 is 11.5 Å². The molecule has 4 nitrogen and oxygen atoms in total. The zero-order valence-electron chi connectivity index (χ0n) is 10.7. The monoisotopic (exact) mass is 237 g/mol. The van der Waals surface area contributed by atoms with Crippen molar-refractivity contribution in [2.24, 2.45) is 5.92 Å². The molecule has 0 aliphatic heterocycles. The van der Waals surface area contributed by atoms with E-state index >= 15 is 0 Å². The number of pyridine rings is 1. The summed E-state index contributed by atoms with van der Waals surface area (Å²) in [5, 5.41) is 9.42. The van der Waals surface area contributed by atoms with Gasteiger partial charge in [0.05, 0.1) is 0 Å². The maximum atomic E-state index is 11.9. The lowest BCUT2D eigenvalue weighted by molar-refractivity contribution is -0.147. The lowest BCUT2D eigenvalue weighted by Crippen LogP contribution is -2.46. The number of aromatic nitrogens is 1. The van der Waals surface area contributed by atoms with E-state index in [1.54, 1.807) is 26.0 Å². The Balaban J connectivity index is 3.43. The van der Waals surface area contributed by atoms with Crippen molar-refractivity contribution in [1.82, 2.24) is 4.57 Å². The van der Waals surface area contributed by atoms with Crippen molar-refractivity contribution < 1.29 is 9.90 Å². The fraction of sp³-hybridized carbons (Fsp3) is 0.538. The summed E-state index contributed by atoms with van der Waals surface area (Å²) < 4.78 is 1.37. The first-order valence-electron chi connectivity index (χ1n) is 5.71. The van der Waals surface area contributed by atoms with Crippen molar-refractivity contribution in [3.05, 3.63) is 34.2 Å². The van der Waals surface area contributed by atoms with Gasteiger partial charge in [0.2, 0.25) is 0 Å². The summed E-state index contributed by atoms with van der Waals surface area (Å²) in [4.78, 5) is 23.4. The molecule has 1 aromatic heterocycles. The first-order chi connectivity index (χ1) is 7.79. The second-order valence-electron chi connectivity index (χ2n) is 5.02. The highest BCUT2D eigenvalue weighted by molar-refractivity contribution is 5.76. The molecule has 0 aliphatic rings. The number of carbonyl (C=O) groups is 1. The predicted octanol–water partition coefficient (Wildman–Crippen LogP) is 2.00. The van der Waals surface area contributed by atoms with Crippen LogP contribution in [0.15, 0.2) is 23.0 Å². The average molecular weight is 237 g/mol. The van der Waals surface area contributed by atoms with Crippen LogP contribution in [0, 0.1) is 12.8 Å². The third-order valence-electron chi connectivity index (χ3n) is 2.91. The molecule has 0 fully saturated rings. The van der Waals surface area contributed by atoms with Gasteiger partial charge in [-0.15, -0.1) is 0 Å². The van der Waals surface area contributed by atoms with E-state index in [4.69, 9.17) is 0 Å². The molecule has 0 radical (unpaired) electrons. The van der Waals surface area contributed by atoms with Crippen molar-refractivity contribution in [3.8, 4) is 0 Å². The Labute approximate surface area is 101 Å². The Morgan fingerprint density at radius 3 is 2.47 bits per heavy atom. The first-order valence-corrected chi connectivity index (χ1v) is 5.71. The summed E-state index contributed by atoms with van der Waals surface area (Å²) >= 11 is 0. The minimum absolute atomic E-state index is 0.197. The molecule has 0 saturated heterocycles. The van der Waals surface area contributed by atoms with Gasteiger partial charge in [-0.3, -0.25) is 9.36 Å². The van der Waals surface area contributed by atoms with Crippen LogP contribution in [0.25, 0.3) is 0 Å². The summed E-state index contributed by atoms with van der Waals surface area (Å²) in [6, 6.07) is 4.79. The van der Waals surface area contributed by atoms with Gasteiger partial charge in [-0.2, -0.15) is 0 Å². The molecular formula is C13H19NO3. The van der Waals surface area contributed by atoms with Crippen LogP contribution in [0.2, 0.25) is 0 Å². The SMILES string of the molecule is Cc1cccc(=O)n1C(C)(CC(C)C)C(=O)O. The number of aliphatic carboxylic acids is 1. The van der Waals surface area contributed by atoms with Gasteiger partial charge in [0.25, 0.3) is 5.56 Å². The van der Waals surface area contributed by atoms with Crippen LogP contribution in [0.4, 0.5) is 0 Å². The van der Waals surface area contributed by atoms with Gasteiger partial charge in [-0.25, -0.2) is 4.79 Å². The van der Waals surface area contributed by atoms with Crippen molar-refractivity contribution in [1.29, 1.82) is 0 Å². The molecule has 0 aliphatic carbocycles. The summed E-state index contributed by atoms with van der Waals surface area (Å²) in [7, 11) is 0. The fourth-order valence-corrected chi connectivity index (χ4v) is 2.29.